The third kappa shape index (κ3) is 3.49. The van der Waals surface area contributed by atoms with E-state index in [0.29, 0.717) is 22.3 Å². The summed E-state index contributed by atoms with van der Waals surface area (Å²) in [5.41, 5.74) is -1.33. The number of rotatable bonds is 6. The number of nitrogens with zero attached hydrogens (tertiary/aromatic N) is 6. The SMILES string of the molecule is CCc1nc(N(C(C)=O)C2C(=O)N3CC(C(=O)O)(C(S)c4nnc(C)s4)CS[C@H]23)no1. The van der Waals surface area contributed by atoms with Gasteiger partial charge in [-0.2, -0.15) is 17.6 Å². The largest absolute Gasteiger partial charge is 0.481 e. The second-order valence-electron chi connectivity index (χ2n) is 7.37. The molecule has 3 unspecified atom stereocenters. The molecule has 4 heterocycles. The van der Waals surface area contributed by atoms with Crippen molar-refractivity contribution in [3.63, 3.8) is 0 Å². The van der Waals surface area contributed by atoms with E-state index < -0.39 is 34.0 Å². The highest BCUT2D eigenvalue weighted by Gasteiger charge is 2.62. The number of aryl methyl sites for hydroxylation is 2. The summed E-state index contributed by atoms with van der Waals surface area (Å²) >= 11 is 7.15. The molecule has 0 radical (unpaired) electrons. The van der Waals surface area contributed by atoms with Crippen LogP contribution in [0.3, 0.4) is 0 Å². The van der Waals surface area contributed by atoms with Crippen molar-refractivity contribution >= 4 is 59.5 Å². The van der Waals surface area contributed by atoms with Crippen molar-refractivity contribution in [2.24, 2.45) is 5.41 Å². The van der Waals surface area contributed by atoms with E-state index >= 15 is 0 Å². The van der Waals surface area contributed by atoms with Gasteiger partial charge in [0.1, 0.15) is 26.8 Å². The Morgan fingerprint density at radius 1 is 1.45 bits per heavy atom. The van der Waals surface area contributed by atoms with Gasteiger partial charge in [-0.25, -0.2) is 0 Å². The van der Waals surface area contributed by atoms with Gasteiger partial charge in [0.2, 0.25) is 17.7 Å². The summed E-state index contributed by atoms with van der Waals surface area (Å²) in [6, 6.07) is -0.821. The van der Waals surface area contributed by atoms with E-state index in [1.165, 1.54) is 39.8 Å². The van der Waals surface area contributed by atoms with E-state index in [9.17, 15) is 19.5 Å². The number of aromatic nitrogens is 4. The monoisotopic (exact) mass is 484 g/mol. The number of hydrogen-bond donors (Lipinski definition) is 2. The fourth-order valence-electron chi connectivity index (χ4n) is 3.70. The highest BCUT2D eigenvalue weighted by Crippen LogP contribution is 2.51. The lowest BCUT2D eigenvalue weighted by molar-refractivity contribution is -0.157. The Morgan fingerprint density at radius 3 is 2.74 bits per heavy atom. The zero-order chi connectivity index (χ0) is 22.5. The van der Waals surface area contributed by atoms with Crippen LogP contribution in [0.25, 0.3) is 0 Å². The zero-order valence-electron chi connectivity index (χ0n) is 16.9. The van der Waals surface area contributed by atoms with Gasteiger partial charge < -0.3 is 14.5 Å². The third-order valence-electron chi connectivity index (χ3n) is 5.40. The molecule has 0 aromatic carbocycles. The number of aliphatic carboxylic acids is 1. The highest BCUT2D eigenvalue weighted by atomic mass is 32.2. The van der Waals surface area contributed by atoms with Crippen LogP contribution in [0.4, 0.5) is 5.95 Å². The molecule has 4 rings (SSSR count). The molecule has 0 bridgehead atoms. The standard InChI is InChI=1S/C17H20N6O5S3/c1-4-9-18-16(21-28-9)23(8(3)24)10-13(25)22-5-17(15(26)27,6-30-14(10)22)11(29)12-20-19-7(2)31-12/h10-11,14,29H,4-6H2,1-3H3,(H,26,27)/t10?,11?,14-,17?/m1/s1. The Balaban J connectivity index is 1.59. The van der Waals surface area contributed by atoms with E-state index in [0.717, 1.165) is 0 Å². The van der Waals surface area contributed by atoms with Gasteiger partial charge in [-0.3, -0.25) is 19.3 Å². The lowest BCUT2D eigenvalue weighted by atomic mass is 9.83. The predicted molar refractivity (Wildman–Crippen MR) is 115 cm³/mol. The summed E-state index contributed by atoms with van der Waals surface area (Å²) in [5.74, 6) is -1.23. The first kappa shape index (κ1) is 22.0. The maximum atomic E-state index is 13.1. The average molecular weight is 485 g/mol. The molecule has 0 saturated carbocycles. The maximum Gasteiger partial charge on any atom is 0.313 e. The Labute approximate surface area is 191 Å². The Morgan fingerprint density at radius 2 is 2.19 bits per heavy atom. The molecule has 2 aliphatic heterocycles. The topological polar surface area (TPSA) is 143 Å². The first-order valence-electron chi connectivity index (χ1n) is 9.45. The van der Waals surface area contributed by atoms with Crippen molar-refractivity contribution in [1.29, 1.82) is 0 Å². The molecule has 31 heavy (non-hydrogen) atoms. The van der Waals surface area contributed by atoms with Crippen molar-refractivity contribution < 1.29 is 24.0 Å². The number of fused-ring (bicyclic) bond motifs is 1. The number of amides is 2. The zero-order valence-corrected chi connectivity index (χ0v) is 19.4. The lowest BCUT2D eigenvalue weighted by Crippen LogP contribution is -2.74. The molecule has 0 spiro atoms. The maximum absolute atomic E-state index is 13.1. The van der Waals surface area contributed by atoms with E-state index in [4.69, 9.17) is 4.52 Å². The minimum absolute atomic E-state index is 0.0365. The van der Waals surface area contributed by atoms with Crippen LogP contribution in [0.2, 0.25) is 0 Å². The molecule has 1 N–H and O–H groups in total. The van der Waals surface area contributed by atoms with Gasteiger partial charge in [0, 0.05) is 25.6 Å². The number of β-lactam (4-membered cyclic amide) rings is 1. The van der Waals surface area contributed by atoms with Crippen LogP contribution in [0.5, 0.6) is 0 Å². The fraction of sp³-hybridized carbons (Fsp3) is 0.588. The average Bonchev–Trinajstić information content (AvgIpc) is 3.39. The smallest absolute Gasteiger partial charge is 0.313 e. The van der Waals surface area contributed by atoms with Crippen LogP contribution in [0.1, 0.15) is 35.0 Å². The number of hydrogen-bond acceptors (Lipinski definition) is 11. The van der Waals surface area contributed by atoms with Crippen molar-refractivity contribution in [2.75, 3.05) is 17.2 Å². The van der Waals surface area contributed by atoms with Gasteiger partial charge >= 0.3 is 5.97 Å². The van der Waals surface area contributed by atoms with Crippen LogP contribution < -0.4 is 4.90 Å². The number of carbonyl (C=O) groups is 3. The summed E-state index contributed by atoms with van der Waals surface area (Å²) in [6.45, 7) is 4.90. The van der Waals surface area contributed by atoms with Crippen LogP contribution in [0, 0.1) is 12.3 Å². The third-order valence-corrected chi connectivity index (χ3v) is 8.75. The second kappa shape index (κ2) is 8.06. The number of carbonyl (C=O) groups excluding carboxylic acids is 2. The fourth-order valence-corrected chi connectivity index (χ4v) is 6.74. The molecule has 0 aliphatic carbocycles. The Bertz CT molecular complexity index is 1040. The van der Waals surface area contributed by atoms with E-state index in [1.54, 1.807) is 6.92 Å². The number of carboxylic acid groups (broad SMARTS) is 1. The van der Waals surface area contributed by atoms with Gasteiger partial charge in [-0.15, -0.1) is 33.3 Å². The highest BCUT2D eigenvalue weighted by molar-refractivity contribution is 8.00. The van der Waals surface area contributed by atoms with Gasteiger partial charge in [0.05, 0.1) is 5.25 Å². The Hall–Kier alpha value is -2.19. The number of anilines is 1. The minimum atomic E-state index is -1.33. The molecule has 11 nitrogen and oxygen atoms in total. The van der Waals surface area contributed by atoms with Gasteiger partial charge in [0.15, 0.2) is 0 Å². The predicted octanol–water partition coefficient (Wildman–Crippen LogP) is 1.17. The lowest BCUT2D eigenvalue weighted by Gasteiger charge is -2.56. The molecule has 2 saturated heterocycles. The van der Waals surface area contributed by atoms with Crippen molar-refractivity contribution in [3.05, 3.63) is 15.9 Å². The molecule has 2 amide bonds. The van der Waals surface area contributed by atoms with Gasteiger partial charge in [-0.1, -0.05) is 6.92 Å². The summed E-state index contributed by atoms with van der Waals surface area (Å²) in [4.78, 5) is 44.6. The molecule has 2 aromatic heterocycles. The van der Waals surface area contributed by atoms with Crippen LogP contribution in [-0.4, -0.2) is 71.8 Å². The molecular formula is C17H20N6O5S3. The van der Waals surface area contributed by atoms with Crippen LogP contribution in [0.15, 0.2) is 4.52 Å². The van der Waals surface area contributed by atoms with Crippen molar-refractivity contribution in [2.45, 2.75) is 43.9 Å². The first-order valence-corrected chi connectivity index (χ1v) is 11.8. The quantitative estimate of drug-likeness (QED) is 0.453. The van der Waals surface area contributed by atoms with Gasteiger partial charge in [-0.05, 0) is 12.1 Å². The summed E-state index contributed by atoms with van der Waals surface area (Å²) < 4.78 is 5.10. The number of thioether (sulfide) groups is 1. The van der Waals surface area contributed by atoms with E-state index in [-0.39, 0.29) is 24.2 Å². The molecular weight excluding hydrogens is 464 g/mol. The van der Waals surface area contributed by atoms with Crippen LogP contribution >= 0.6 is 35.7 Å². The van der Waals surface area contributed by atoms with E-state index in [1.807, 2.05) is 6.92 Å². The summed E-state index contributed by atoms with van der Waals surface area (Å²) in [5, 5.41) is 22.0. The van der Waals surface area contributed by atoms with Crippen molar-refractivity contribution in [1.82, 2.24) is 25.2 Å². The second-order valence-corrected chi connectivity index (χ2v) is 10.2. The normalized spacial score (nSPS) is 26.2. The molecule has 4 atom stereocenters. The molecule has 166 valence electrons. The molecule has 2 aromatic rings. The number of carboxylic acids is 1. The van der Waals surface area contributed by atoms with E-state index in [2.05, 4.69) is 33.0 Å². The molecule has 2 aliphatic rings. The Kier molecular flexibility index (Phi) is 5.72. The minimum Gasteiger partial charge on any atom is -0.481 e. The number of thiol groups is 1. The summed E-state index contributed by atoms with van der Waals surface area (Å²) in [6.07, 6.45) is 0.497. The first-order chi connectivity index (χ1) is 14.7. The molecule has 14 heteroatoms. The molecule has 2 fully saturated rings. The van der Waals surface area contributed by atoms with Crippen LogP contribution in [-0.2, 0) is 20.8 Å². The summed E-state index contributed by atoms with van der Waals surface area (Å²) in [7, 11) is 0. The van der Waals surface area contributed by atoms with Gasteiger partial charge in [0.25, 0.3) is 5.95 Å². The van der Waals surface area contributed by atoms with Crippen molar-refractivity contribution in [3.8, 4) is 0 Å².